The SMILES string of the molecule is COc1ccc([C@@H]2C(C(C)=O)=C(O)C(=O)N2c2nccs2)c(OC)c1. The van der Waals surface area contributed by atoms with Crippen molar-refractivity contribution in [2.75, 3.05) is 19.1 Å². The number of Topliss-reactive ketones (excluding diaryl/α,β-unsaturated/α-hetero) is 1. The quantitative estimate of drug-likeness (QED) is 0.882. The fourth-order valence-corrected chi connectivity index (χ4v) is 3.50. The fourth-order valence-electron chi connectivity index (χ4n) is 2.84. The Morgan fingerprint density at radius 2 is 2.08 bits per heavy atom. The number of thiazole rings is 1. The van der Waals surface area contributed by atoms with Gasteiger partial charge in [0.1, 0.15) is 17.5 Å². The van der Waals surface area contributed by atoms with Gasteiger partial charge in [-0.15, -0.1) is 11.3 Å². The number of aliphatic hydroxyl groups excluding tert-OH is 1. The van der Waals surface area contributed by atoms with Crippen LogP contribution in [-0.4, -0.2) is 36.0 Å². The van der Waals surface area contributed by atoms with Crippen molar-refractivity contribution >= 4 is 28.2 Å². The molecule has 1 aromatic carbocycles. The number of ether oxygens (including phenoxy) is 2. The zero-order chi connectivity index (χ0) is 18.1. The minimum atomic E-state index is -0.822. The van der Waals surface area contributed by atoms with E-state index in [9.17, 15) is 14.7 Å². The van der Waals surface area contributed by atoms with Crippen molar-refractivity contribution in [1.29, 1.82) is 0 Å². The second-order valence-electron chi connectivity index (χ2n) is 5.32. The predicted molar refractivity (Wildman–Crippen MR) is 92.2 cm³/mol. The topological polar surface area (TPSA) is 89.0 Å². The molecule has 0 fully saturated rings. The van der Waals surface area contributed by atoms with Crippen molar-refractivity contribution in [3.05, 3.63) is 46.7 Å². The van der Waals surface area contributed by atoms with Crippen LogP contribution in [-0.2, 0) is 9.59 Å². The van der Waals surface area contributed by atoms with Crippen LogP contribution in [0.25, 0.3) is 0 Å². The zero-order valence-electron chi connectivity index (χ0n) is 13.8. The molecule has 0 spiro atoms. The molecule has 1 aromatic heterocycles. The maximum Gasteiger partial charge on any atom is 0.296 e. The summed E-state index contributed by atoms with van der Waals surface area (Å²) in [4.78, 5) is 30.2. The van der Waals surface area contributed by atoms with Crippen LogP contribution in [0.5, 0.6) is 11.5 Å². The Labute approximate surface area is 148 Å². The number of methoxy groups -OCH3 is 2. The minimum absolute atomic E-state index is 0.0173. The number of anilines is 1. The summed E-state index contributed by atoms with van der Waals surface area (Å²) in [7, 11) is 3.02. The Bertz CT molecular complexity index is 860. The number of nitrogens with zero attached hydrogens (tertiary/aromatic N) is 2. The lowest BCUT2D eigenvalue weighted by atomic mass is 9.96. The van der Waals surface area contributed by atoms with Crippen molar-refractivity contribution in [3.63, 3.8) is 0 Å². The first-order valence-corrected chi connectivity index (χ1v) is 8.26. The van der Waals surface area contributed by atoms with Gasteiger partial charge in [0.2, 0.25) is 0 Å². The first-order chi connectivity index (χ1) is 12.0. The Hall–Kier alpha value is -2.87. The second kappa shape index (κ2) is 6.56. The maximum atomic E-state index is 12.6. The summed E-state index contributed by atoms with van der Waals surface area (Å²) < 4.78 is 10.6. The van der Waals surface area contributed by atoms with Gasteiger partial charge in [-0.05, 0) is 19.1 Å². The van der Waals surface area contributed by atoms with E-state index in [1.54, 1.807) is 29.8 Å². The summed E-state index contributed by atoms with van der Waals surface area (Å²) >= 11 is 1.24. The van der Waals surface area contributed by atoms with Gasteiger partial charge in [-0.25, -0.2) is 4.98 Å². The number of benzene rings is 1. The number of carbonyl (C=O) groups excluding carboxylic acids is 2. The van der Waals surface area contributed by atoms with E-state index in [1.807, 2.05) is 0 Å². The lowest BCUT2D eigenvalue weighted by molar-refractivity contribution is -0.117. The summed E-state index contributed by atoms with van der Waals surface area (Å²) in [6.45, 7) is 1.31. The van der Waals surface area contributed by atoms with Gasteiger partial charge in [-0.1, -0.05) is 0 Å². The van der Waals surface area contributed by atoms with Crippen molar-refractivity contribution in [1.82, 2.24) is 4.98 Å². The number of ketones is 1. The summed E-state index contributed by atoms with van der Waals surface area (Å²) in [5, 5.41) is 12.4. The Kier molecular flexibility index (Phi) is 4.45. The molecule has 1 atom stereocenters. The molecule has 1 N–H and O–H groups in total. The molecule has 1 aliphatic heterocycles. The molecule has 130 valence electrons. The average Bonchev–Trinajstić information content (AvgIpc) is 3.21. The van der Waals surface area contributed by atoms with Crippen LogP contribution in [0.1, 0.15) is 18.5 Å². The molecular formula is C17H16N2O5S. The number of rotatable bonds is 5. The van der Waals surface area contributed by atoms with Crippen molar-refractivity contribution in [2.45, 2.75) is 13.0 Å². The van der Waals surface area contributed by atoms with E-state index in [4.69, 9.17) is 9.47 Å². The number of hydrogen-bond donors (Lipinski definition) is 1. The Morgan fingerprint density at radius 1 is 1.32 bits per heavy atom. The first kappa shape index (κ1) is 17.0. The van der Waals surface area contributed by atoms with E-state index in [2.05, 4.69) is 4.98 Å². The number of carbonyl (C=O) groups is 2. The number of amides is 1. The van der Waals surface area contributed by atoms with E-state index < -0.39 is 23.5 Å². The van der Waals surface area contributed by atoms with Gasteiger partial charge in [-0.2, -0.15) is 0 Å². The highest BCUT2D eigenvalue weighted by Gasteiger charge is 2.45. The van der Waals surface area contributed by atoms with Gasteiger partial charge < -0.3 is 14.6 Å². The first-order valence-electron chi connectivity index (χ1n) is 7.38. The largest absolute Gasteiger partial charge is 0.503 e. The van der Waals surface area contributed by atoms with E-state index in [0.717, 1.165) is 0 Å². The highest BCUT2D eigenvalue weighted by atomic mass is 32.1. The van der Waals surface area contributed by atoms with E-state index in [-0.39, 0.29) is 5.57 Å². The normalized spacial score (nSPS) is 17.2. The van der Waals surface area contributed by atoms with Crippen LogP contribution in [0.15, 0.2) is 41.1 Å². The summed E-state index contributed by atoms with van der Waals surface area (Å²) in [6.07, 6.45) is 1.55. The molecule has 2 aromatic rings. The summed E-state index contributed by atoms with van der Waals surface area (Å²) in [6, 6.07) is 4.25. The fraction of sp³-hybridized carbons (Fsp3) is 0.235. The zero-order valence-corrected chi connectivity index (χ0v) is 14.7. The minimum Gasteiger partial charge on any atom is -0.503 e. The molecule has 3 rings (SSSR count). The van der Waals surface area contributed by atoms with Gasteiger partial charge in [0.25, 0.3) is 5.91 Å². The molecule has 1 amide bonds. The summed E-state index contributed by atoms with van der Waals surface area (Å²) in [5.74, 6) is -0.614. The summed E-state index contributed by atoms with van der Waals surface area (Å²) in [5.41, 5.74) is 0.574. The average molecular weight is 360 g/mol. The lowest BCUT2D eigenvalue weighted by Gasteiger charge is -2.25. The second-order valence-corrected chi connectivity index (χ2v) is 6.19. The van der Waals surface area contributed by atoms with Crippen LogP contribution in [0.4, 0.5) is 5.13 Å². The molecule has 0 saturated carbocycles. The van der Waals surface area contributed by atoms with Crippen LogP contribution in [0.2, 0.25) is 0 Å². The van der Waals surface area contributed by atoms with Crippen LogP contribution >= 0.6 is 11.3 Å². The molecule has 1 aliphatic rings. The van der Waals surface area contributed by atoms with Gasteiger partial charge in [0.05, 0.1) is 19.8 Å². The van der Waals surface area contributed by atoms with Crippen molar-refractivity contribution in [3.8, 4) is 11.5 Å². The molecule has 0 saturated heterocycles. The van der Waals surface area contributed by atoms with Crippen molar-refractivity contribution < 1.29 is 24.2 Å². The number of hydrogen-bond acceptors (Lipinski definition) is 7. The van der Waals surface area contributed by atoms with E-state index in [0.29, 0.717) is 22.2 Å². The molecule has 0 unspecified atom stereocenters. The van der Waals surface area contributed by atoms with E-state index >= 15 is 0 Å². The molecule has 7 nitrogen and oxygen atoms in total. The van der Waals surface area contributed by atoms with Gasteiger partial charge in [0.15, 0.2) is 16.7 Å². The molecule has 0 radical (unpaired) electrons. The van der Waals surface area contributed by atoms with E-state index in [1.165, 1.54) is 37.4 Å². The van der Waals surface area contributed by atoms with Gasteiger partial charge in [-0.3, -0.25) is 14.5 Å². The van der Waals surface area contributed by atoms with Crippen LogP contribution in [0.3, 0.4) is 0 Å². The molecule has 25 heavy (non-hydrogen) atoms. The molecule has 8 heteroatoms. The molecular weight excluding hydrogens is 344 g/mol. The van der Waals surface area contributed by atoms with Crippen molar-refractivity contribution in [2.24, 2.45) is 0 Å². The third kappa shape index (κ3) is 2.74. The van der Waals surface area contributed by atoms with Gasteiger partial charge in [0, 0.05) is 23.2 Å². The Balaban J connectivity index is 2.21. The lowest BCUT2D eigenvalue weighted by Crippen LogP contribution is -2.31. The number of aliphatic hydroxyl groups is 1. The van der Waals surface area contributed by atoms with Crippen LogP contribution < -0.4 is 14.4 Å². The third-order valence-corrected chi connectivity index (χ3v) is 4.72. The maximum absolute atomic E-state index is 12.6. The Morgan fingerprint density at radius 3 is 2.64 bits per heavy atom. The predicted octanol–water partition coefficient (Wildman–Crippen LogP) is 2.65. The monoisotopic (exact) mass is 360 g/mol. The smallest absolute Gasteiger partial charge is 0.296 e. The molecule has 2 heterocycles. The third-order valence-electron chi connectivity index (χ3n) is 3.95. The molecule has 0 aliphatic carbocycles. The molecule has 0 bridgehead atoms. The van der Waals surface area contributed by atoms with Gasteiger partial charge >= 0.3 is 0 Å². The number of aromatic nitrogens is 1. The van der Waals surface area contributed by atoms with Crippen LogP contribution in [0, 0.1) is 0 Å². The standard InChI is InChI=1S/C17H16N2O5S/c1-9(20)13-14(11-5-4-10(23-2)8-12(11)24-3)19(16(22)15(13)21)17-18-6-7-25-17/h4-8,14,21H,1-3H3/t14-/m1/s1. The highest BCUT2D eigenvalue weighted by Crippen LogP contribution is 2.45. The highest BCUT2D eigenvalue weighted by molar-refractivity contribution is 7.13.